The van der Waals surface area contributed by atoms with Crippen LogP contribution in [0.15, 0.2) is 40.8 Å². The molecule has 0 saturated carbocycles. The maximum atomic E-state index is 14.0. The topological polar surface area (TPSA) is 109 Å². The van der Waals surface area contributed by atoms with Crippen molar-refractivity contribution in [2.45, 2.75) is 25.5 Å². The van der Waals surface area contributed by atoms with Crippen LogP contribution in [0.25, 0.3) is 11.0 Å². The molecule has 0 radical (unpaired) electrons. The van der Waals surface area contributed by atoms with E-state index >= 15 is 0 Å². The van der Waals surface area contributed by atoms with Gasteiger partial charge in [-0.15, -0.1) is 0 Å². The van der Waals surface area contributed by atoms with Crippen molar-refractivity contribution in [3.05, 3.63) is 64.9 Å². The van der Waals surface area contributed by atoms with Gasteiger partial charge in [0.15, 0.2) is 11.4 Å². The average molecular weight is 429 g/mol. The summed E-state index contributed by atoms with van der Waals surface area (Å²) in [5, 5.41) is 12.1. The number of nitrogens with two attached hydrogens (primary N) is 1. The van der Waals surface area contributed by atoms with Gasteiger partial charge in [0.2, 0.25) is 5.76 Å². The molecule has 1 saturated heterocycles. The Balaban J connectivity index is 1.59. The first-order valence-electron chi connectivity index (χ1n) is 9.84. The van der Waals surface area contributed by atoms with Crippen molar-refractivity contribution in [3.8, 4) is 0 Å². The normalized spacial score (nSPS) is 15.3. The van der Waals surface area contributed by atoms with E-state index in [0.29, 0.717) is 31.0 Å². The number of aliphatic hydroxyl groups is 1. The van der Waals surface area contributed by atoms with E-state index in [2.05, 4.69) is 10.2 Å². The Hall–Kier alpha value is -3.30. The molecule has 4 rings (SSSR count). The third-order valence-electron chi connectivity index (χ3n) is 5.32. The fourth-order valence-corrected chi connectivity index (χ4v) is 3.76. The van der Waals surface area contributed by atoms with Crippen LogP contribution in [-0.2, 0) is 6.54 Å². The molecular weight excluding hydrogens is 408 g/mol. The third-order valence-corrected chi connectivity index (χ3v) is 5.32. The highest BCUT2D eigenvalue weighted by molar-refractivity contribution is 6.14. The van der Waals surface area contributed by atoms with Gasteiger partial charge in [-0.25, -0.2) is 8.78 Å². The molecule has 0 unspecified atom stereocenters. The second-order valence-corrected chi connectivity index (χ2v) is 7.60. The van der Waals surface area contributed by atoms with Crippen molar-refractivity contribution in [2.24, 2.45) is 5.73 Å². The van der Waals surface area contributed by atoms with Gasteiger partial charge in [0.05, 0.1) is 11.5 Å². The maximum absolute atomic E-state index is 14.0. The summed E-state index contributed by atoms with van der Waals surface area (Å²) in [7, 11) is 0. The maximum Gasteiger partial charge on any atom is 0.286 e. The molecule has 2 heterocycles. The van der Waals surface area contributed by atoms with Crippen LogP contribution in [0.3, 0.4) is 0 Å². The predicted octanol–water partition coefficient (Wildman–Crippen LogP) is 3.02. The van der Waals surface area contributed by atoms with E-state index in [-0.39, 0.29) is 22.8 Å². The molecule has 0 aliphatic carbocycles. The second-order valence-electron chi connectivity index (χ2n) is 7.60. The number of piperidine rings is 1. The van der Waals surface area contributed by atoms with Crippen LogP contribution in [0.2, 0.25) is 0 Å². The van der Waals surface area contributed by atoms with Crippen LogP contribution in [0.1, 0.15) is 39.3 Å². The molecule has 1 aliphatic heterocycles. The van der Waals surface area contributed by atoms with Gasteiger partial charge in [-0.05, 0) is 36.6 Å². The number of amides is 2. The van der Waals surface area contributed by atoms with Gasteiger partial charge < -0.3 is 20.6 Å². The van der Waals surface area contributed by atoms with Crippen LogP contribution in [-0.4, -0.2) is 41.0 Å². The Labute approximate surface area is 176 Å². The van der Waals surface area contributed by atoms with Crippen LogP contribution < -0.4 is 11.1 Å². The quantitative estimate of drug-likeness (QED) is 0.578. The molecular formula is C22H21F2N3O4. The Morgan fingerprint density at radius 3 is 2.65 bits per heavy atom. The first kappa shape index (κ1) is 21.0. The Morgan fingerprint density at radius 2 is 1.94 bits per heavy atom. The molecule has 31 heavy (non-hydrogen) atoms. The van der Waals surface area contributed by atoms with Crippen LogP contribution in [0.4, 0.5) is 14.5 Å². The summed E-state index contributed by atoms with van der Waals surface area (Å²) in [5.74, 6) is -3.95. The van der Waals surface area contributed by atoms with E-state index in [4.69, 9.17) is 10.2 Å². The first-order valence-corrected chi connectivity index (χ1v) is 9.84. The van der Waals surface area contributed by atoms with Crippen molar-refractivity contribution in [1.82, 2.24) is 4.90 Å². The molecule has 7 nitrogen and oxygen atoms in total. The summed E-state index contributed by atoms with van der Waals surface area (Å²) in [5.41, 5.74) is 5.95. The zero-order valence-electron chi connectivity index (χ0n) is 16.5. The lowest BCUT2D eigenvalue weighted by Gasteiger charge is -2.29. The Kier molecular flexibility index (Phi) is 5.71. The number of hydrogen-bond acceptors (Lipinski definition) is 5. The number of primary amides is 1. The Morgan fingerprint density at radius 1 is 1.19 bits per heavy atom. The Bertz CT molecular complexity index is 1150. The summed E-state index contributed by atoms with van der Waals surface area (Å²) in [6.45, 7) is 2.14. The van der Waals surface area contributed by atoms with Crippen molar-refractivity contribution < 1.29 is 27.9 Å². The van der Waals surface area contributed by atoms with E-state index in [9.17, 15) is 23.5 Å². The minimum atomic E-state index is -1.02. The minimum absolute atomic E-state index is 0.0947. The molecule has 4 N–H and O–H groups in total. The standard InChI is InChI=1S/C22H21F2N3O4/c23-14-9-16-18(20(21(25)29)31-19(16)17(24)10-14)26-22(30)13-3-1-2-12(8-13)11-27-6-4-15(28)5-7-27/h1-3,8-10,15,28H,4-7,11H2,(H2,25,29)(H,26,30). The number of aliphatic hydroxyl groups excluding tert-OH is 1. The number of hydrogen-bond donors (Lipinski definition) is 3. The second kappa shape index (κ2) is 8.44. The van der Waals surface area contributed by atoms with Crippen LogP contribution in [0.5, 0.6) is 0 Å². The lowest BCUT2D eigenvalue weighted by atomic mass is 10.1. The molecule has 0 spiro atoms. The summed E-state index contributed by atoms with van der Waals surface area (Å²) in [4.78, 5) is 26.8. The number of anilines is 1. The largest absolute Gasteiger partial charge is 0.446 e. The molecule has 1 aliphatic rings. The summed E-state index contributed by atoms with van der Waals surface area (Å²) in [6.07, 6.45) is 1.14. The number of carbonyl (C=O) groups excluding carboxylic acids is 2. The number of furan rings is 1. The predicted molar refractivity (Wildman–Crippen MR) is 110 cm³/mol. The molecule has 0 bridgehead atoms. The van der Waals surface area contributed by atoms with Gasteiger partial charge in [0.25, 0.3) is 11.8 Å². The van der Waals surface area contributed by atoms with Crippen molar-refractivity contribution in [1.29, 1.82) is 0 Å². The number of rotatable bonds is 5. The average Bonchev–Trinajstić information content (AvgIpc) is 3.09. The molecule has 1 fully saturated rings. The highest BCUT2D eigenvalue weighted by Crippen LogP contribution is 2.33. The number of fused-ring (bicyclic) bond motifs is 1. The van der Waals surface area contributed by atoms with E-state index in [1.165, 1.54) is 0 Å². The zero-order valence-corrected chi connectivity index (χ0v) is 16.5. The number of carbonyl (C=O) groups is 2. The lowest BCUT2D eigenvalue weighted by molar-refractivity contribution is 0.0792. The van der Waals surface area contributed by atoms with E-state index in [1.54, 1.807) is 18.2 Å². The highest BCUT2D eigenvalue weighted by atomic mass is 19.1. The van der Waals surface area contributed by atoms with Gasteiger partial charge in [0, 0.05) is 31.3 Å². The van der Waals surface area contributed by atoms with Crippen molar-refractivity contribution in [2.75, 3.05) is 18.4 Å². The van der Waals surface area contributed by atoms with Gasteiger partial charge >= 0.3 is 0 Å². The first-order chi connectivity index (χ1) is 14.8. The van der Waals surface area contributed by atoms with Crippen LogP contribution in [0, 0.1) is 11.6 Å². The van der Waals surface area contributed by atoms with E-state index < -0.39 is 29.2 Å². The van der Waals surface area contributed by atoms with E-state index in [1.807, 2.05) is 6.07 Å². The van der Waals surface area contributed by atoms with Gasteiger partial charge in [-0.3, -0.25) is 14.5 Å². The van der Waals surface area contributed by atoms with Crippen molar-refractivity contribution >= 4 is 28.5 Å². The monoisotopic (exact) mass is 429 g/mol. The summed E-state index contributed by atoms with van der Waals surface area (Å²) >= 11 is 0. The molecule has 2 aromatic carbocycles. The number of likely N-dealkylation sites (tertiary alicyclic amines) is 1. The number of nitrogens with zero attached hydrogens (tertiary/aromatic N) is 1. The molecule has 162 valence electrons. The number of benzene rings is 2. The SMILES string of the molecule is NC(=O)c1oc2c(F)cc(F)cc2c1NC(=O)c1cccc(CN2CCC(O)CC2)c1. The fraction of sp³-hybridized carbons (Fsp3) is 0.273. The number of halogens is 2. The van der Waals surface area contributed by atoms with Crippen LogP contribution >= 0.6 is 0 Å². The molecule has 9 heteroatoms. The minimum Gasteiger partial charge on any atom is -0.446 e. The smallest absolute Gasteiger partial charge is 0.286 e. The van der Waals surface area contributed by atoms with Gasteiger partial charge in [-0.1, -0.05) is 12.1 Å². The third kappa shape index (κ3) is 4.42. The van der Waals surface area contributed by atoms with Crippen molar-refractivity contribution in [3.63, 3.8) is 0 Å². The molecule has 2 amide bonds. The number of nitrogens with one attached hydrogen (secondary N) is 1. The fourth-order valence-electron chi connectivity index (χ4n) is 3.76. The van der Waals surface area contributed by atoms with E-state index in [0.717, 1.165) is 24.7 Å². The zero-order chi connectivity index (χ0) is 22.1. The van der Waals surface area contributed by atoms with Gasteiger partial charge in [0.1, 0.15) is 11.5 Å². The highest BCUT2D eigenvalue weighted by Gasteiger charge is 2.24. The summed E-state index contributed by atoms with van der Waals surface area (Å²) < 4.78 is 32.9. The molecule has 0 atom stereocenters. The molecule has 3 aromatic rings. The lowest BCUT2D eigenvalue weighted by Crippen LogP contribution is -2.35. The summed E-state index contributed by atoms with van der Waals surface area (Å²) in [6, 6.07) is 8.48. The molecule has 1 aromatic heterocycles. The van der Waals surface area contributed by atoms with Gasteiger partial charge in [-0.2, -0.15) is 0 Å².